The van der Waals surface area contributed by atoms with Gasteiger partial charge in [-0.3, -0.25) is 4.99 Å². The summed E-state index contributed by atoms with van der Waals surface area (Å²) in [6.45, 7) is 7.76. The van der Waals surface area contributed by atoms with Gasteiger partial charge >= 0.3 is 0 Å². The highest BCUT2D eigenvalue weighted by Gasteiger charge is 2.22. The van der Waals surface area contributed by atoms with Crippen LogP contribution < -0.4 is 4.74 Å². The molecule has 0 spiro atoms. The molecule has 0 atom stereocenters. The Labute approximate surface area is 190 Å². The molecule has 0 unspecified atom stereocenters. The van der Waals surface area contributed by atoms with Crippen LogP contribution in [-0.4, -0.2) is 59.7 Å². The number of aliphatic hydroxyl groups is 1. The number of aliphatic imine (C=N–C) groups is 1. The number of ether oxygens (including phenoxy) is 1. The van der Waals surface area contributed by atoms with E-state index in [-0.39, 0.29) is 6.61 Å². The molecule has 1 N–H and O–H groups in total. The highest BCUT2D eigenvalue weighted by Crippen LogP contribution is 2.36. The van der Waals surface area contributed by atoms with Gasteiger partial charge in [-0.15, -0.1) is 0 Å². The van der Waals surface area contributed by atoms with Crippen molar-refractivity contribution in [2.75, 3.05) is 39.4 Å². The van der Waals surface area contributed by atoms with E-state index >= 15 is 0 Å². The minimum atomic E-state index is 0.0887. The van der Waals surface area contributed by atoms with Crippen molar-refractivity contribution in [2.45, 2.75) is 52.0 Å². The number of hydrogen-bond donors (Lipinski definition) is 1. The zero-order valence-electron chi connectivity index (χ0n) is 19.1. The van der Waals surface area contributed by atoms with Crippen molar-refractivity contribution in [3.05, 3.63) is 35.5 Å². The van der Waals surface area contributed by atoms with Gasteiger partial charge < -0.3 is 19.3 Å². The van der Waals surface area contributed by atoms with Crippen molar-refractivity contribution in [3.63, 3.8) is 0 Å². The Bertz CT molecular complexity index is 1040. The summed E-state index contributed by atoms with van der Waals surface area (Å²) < 4.78 is 8.34. The molecule has 0 bridgehead atoms. The summed E-state index contributed by atoms with van der Waals surface area (Å²) in [7, 11) is 0. The highest BCUT2D eigenvalue weighted by atomic mass is 16.5. The molecular weight excluding hydrogens is 400 g/mol. The number of likely N-dealkylation sites (tertiary alicyclic amines) is 1. The van der Waals surface area contributed by atoms with E-state index in [4.69, 9.17) is 9.84 Å². The van der Waals surface area contributed by atoms with Gasteiger partial charge in [0.25, 0.3) is 0 Å². The molecule has 2 heterocycles. The smallest absolute Gasteiger partial charge is 0.121 e. The molecule has 1 aromatic carbocycles. The maximum atomic E-state index is 9.99. The molecule has 0 radical (unpaired) electrons. The zero-order valence-corrected chi connectivity index (χ0v) is 19.1. The summed E-state index contributed by atoms with van der Waals surface area (Å²) in [4.78, 5) is 6.97. The minimum Gasteiger partial charge on any atom is -0.493 e. The van der Waals surface area contributed by atoms with Gasteiger partial charge in [-0.25, -0.2) is 0 Å². The normalized spacial score (nSPS) is 18.3. The van der Waals surface area contributed by atoms with Gasteiger partial charge in [0.05, 0.1) is 36.5 Å². The van der Waals surface area contributed by atoms with Gasteiger partial charge in [0.1, 0.15) is 11.8 Å². The number of benzene rings is 1. The summed E-state index contributed by atoms with van der Waals surface area (Å²) >= 11 is 0. The van der Waals surface area contributed by atoms with E-state index in [1.165, 1.54) is 31.5 Å². The van der Waals surface area contributed by atoms with Crippen molar-refractivity contribution in [3.8, 4) is 11.8 Å². The van der Waals surface area contributed by atoms with Crippen LogP contribution in [0.5, 0.6) is 5.75 Å². The second-order valence-corrected chi connectivity index (χ2v) is 8.61. The number of nitrogens with zero attached hydrogens (tertiary/aromatic N) is 4. The molecule has 4 rings (SSSR count). The number of aliphatic hydroxyl groups excluding tert-OH is 1. The molecular formula is C26H34N4O2. The van der Waals surface area contributed by atoms with Crippen LogP contribution in [-0.2, 0) is 6.54 Å². The van der Waals surface area contributed by atoms with Crippen LogP contribution >= 0.6 is 0 Å². The second kappa shape index (κ2) is 10.8. The van der Waals surface area contributed by atoms with Gasteiger partial charge in [-0.1, -0.05) is 6.08 Å². The molecule has 0 amide bonds. The SMILES string of the molecule is CCn1c(C2=CCC(=NCCO)CC2)c(C#N)c2ccc(OCCCN3CCCC3)cc21. The molecule has 6 nitrogen and oxygen atoms in total. The fraction of sp³-hybridized carbons (Fsp3) is 0.538. The first-order valence-electron chi connectivity index (χ1n) is 12.0. The molecule has 6 heteroatoms. The van der Waals surface area contributed by atoms with Crippen molar-refractivity contribution in [1.82, 2.24) is 9.47 Å². The highest BCUT2D eigenvalue weighted by molar-refractivity contribution is 5.96. The molecule has 32 heavy (non-hydrogen) atoms. The predicted octanol–water partition coefficient (Wildman–Crippen LogP) is 4.40. The van der Waals surface area contributed by atoms with Crippen LogP contribution in [0.25, 0.3) is 16.5 Å². The standard InChI is InChI=1S/C26H34N4O2/c1-2-30-25-18-22(32-17-5-15-29-13-3-4-14-29)10-11-23(25)24(19-27)26(30)20-6-8-21(9-7-20)28-12-16-31/h6,10-11,18,31H,2-5,7-9,12-17H2,1H3. The van der Waals surface area contributed by atoms with Gasteiger partial charge in [-0.2, -0.15) is 5.26 Å². The zero-order chi connectivity index (χ0) is 22.3. The number of aromatic nitrogens is 1. The van der Waals surface area contributed by atoms with Crippen LogP contribution in [0.15, 0.2) is 29.3 Å². The summed E-state index contributed by atoms with van der Waals surface area (Å²) in [5.74, 6) is 0.873. The summed E-state index contributed by atoms with van der Waals surface area (Å²) in [6, 6.07) is 8.60. The summed E-state index contributed by atoms with van der Waals surface area (Å²) in [5.41, 5.74) is 5.21. The second-order valence-electron chi connectivity index (χ2n) is 8.61. The molecule has 1 aliphatic carbocycles. The van der Waals surface area contributed by atoms with E-state index in [0.717, 1.165) is 72.4 Å². The number of allylic oxidation sites excluding steroid dienone is 2. The maximum absolute atomic E-state index is 9.99. The monoisotopic (exact) mass is 434 g/mol. The Morgan fingerprint density at radius 2 is 2.06 bits per heavy atom. The number of hydrogen-bond acceptors (Lipinski definition) is 5. The van der Waals surface area contributed by atoms with Crippen molar-refractivity contribution in [2.24, 2.45) is 4.99 Å². The first-order chi connectivity index (χ1) is 15.7. The Hall–Kier alpha value is -2.62. The van der Waals surface area contributed by atoms with Crippen molar-refractivity contribution >= 4 is 22.2 Å². The Morgan fingerprint density at radius 1 is 1.22 bits per heavy atom. The topological polar surface area (TPSA) is 73.8 Å². The molecule has 1 aliphatic heterocycles. The minimum absolute atomic E-state index is 0.0887. The van der Waals surface area contributed by atoms with E-state index in [1.807, 2.05) is 12.1 Å². The predicted molar refractivity (Wildman–Crippen MR) is 129 cm³/mol. The lowest BCUT2D eigenvalue weighted by Crippen LogP contribution is -2.21. The van der Waals surface area contributed by atoms with Crippen LogP contribution in [0.2, 0.25) is 0 Å². The molecule has 170 valence electrons. The van der Waals surface area contributed by atoms with Crippen molar-refractivity contribution in [1.29, 1.82) is 5.26 Å². The van der Waals surface area contributed by atoms with E-state index in [2.05, 4.69) is 39.6 Å². The Balaban J connectivity index is 1.54. The van der Waals surface area contributed by atoms with Gasteiger partial charge in [0.2, 0.25) is 0 Å². The summed E-state index contributed by atoms with van der Waals surface area (Å²) in [5, 5.41) is 20.0. The van der Waals surface area contributed by atoms with E-state index in [1.54, 1.807) is 0 Å². The van der Waals surface area contributed by atoms with Gasteiger partial charge in [-0.05, 0) is 69.8 Å². The Morgan fingerprint density at radius 3 is 2.75 bits per heavy atom. The maximum Gasteiger partial charge on any atom is 0.121 e. The first kappa shape index (κ1) is 22.6. The summed E-state index contributed by atoms with van der Waals surface area (Å²) in [6.07, 6.45) is 8.43. The molecule has 0 saturated carbocycles. The third-order valence-corrected chi connectivity index (χ3v) is 6.56. The number of aryl methyl sites for hydroxylation is 1. The third-order valence-electron chi connectivity index (χ3n) is 6.56. The third kappa shape index (κ3) is 4.90. The lowest BCUT2D eigenvalue weighted by molar-refractivity contribution is 0.263. The van der Waals surface area contributed by atoms with E-state index in [0.29, 0.717) is 13.2 Å². The van der Waals surface area contributed by atoms with E-state index < -0.39 is 0 Å². The van der Waals surface area contributed by atoms with Gasteiger partial charge in [0.15, 0.2) is 0 Å². The van der Waals surface area contributed by atoms with Crippen LogP contribution in [0.3, 0.4) is 0 Å². The molecule has 2 aromatic rings. The van der Waals surface area contributed by atoms with Crippen LogP contribution in [0.4, 0.5) is 0 Å². The average molecular weight is 435 g/mol. The molecule has 2 aliphatic rings. The first-order valence-corrected chi connectivity index (χ1v) is 12.0. The van der Waals surface area contributed by atoms with E-state index in [9.17, 15) is 5.26 Å². The quantitative estimate of drug-likeness (QED) is 0.594. The number of rotatable bonds is 9. The lowest BCUT2D eigenvalue weighted by Gasteiger charge is -2.17. The largest absolute Gasteiger partial charge is 0.493 e. The fourth-order valence-electron chi connectivity index (χ4n) is 4.97. The molecule has 1 fully saturated rings. The molecule has 1 saturated heterocycles. The Kier molecular flexibility index (Phi) is 7.62. The van der Waals surface area contributed by atoms with Gasteiger partial charge in [0, 0.05) is 36.7 Å². The molecule has 1 aromatic heterocycles. The fourth-order valence-corrected chi connectivity index (χ4v) is 4.97. The number of nitriles is 1. The van der Waals surface area contributed by atoms with Crippen molar-refractivity contribution < 1.29 is 9.84 Å². The average Bonchev–Trinajstić information content (AvgIpc) is 3.46. The lowest BCUT2D eigenvalue weighted by atomic mass is 9.93. The number of fused-ring (bicyclic) bond motifs is 1. The van der Waals surface area contributed by atoms with Crippen LogP contribution in [0.1, 0.15) is 56.7 Å². The van der Waals surface area contributed by atoms with Crippen LogP contribution in [0, 0.1) is 11.3 Å².